The molecule has 0 saturated heterocycles. The maximum Gasteiger partial charge on any atom is 0.248 e. The fourth-order valence-corrected chi connectivity index (χ4v) is 3.97. The quantitative estimate of drug-likeness (QED) is 0.122. The molecule has 0 radical (unpaired) electrons. The van der Waals surface area contributed by atoms with E-state index >= 15 is 0 Å². The standard InChI is InChI=1S/C22H34N4O5/c1-14(2)13-17(20(29)25-24)18(21(30)26-31)22(11-12-27,19(28)15(3)23)10-9-16-7-5-4-6-8-16/h4-10,14-15,17-18,27,31H,11-13,23-24H2,1-3H3,(H,25,29)(H,26,30)/b10-9+/t15-,17-,18-,22?/m1/s1. The molecule has 9 heteroatoms. The predicted molar refractivity (Wildman–Crippen MR) is 117 cm³/mol. The Morgan fingerprint density at radius 1 is 1.13 bits per heavy atom. The maximum absolute atomic E-state index is 13.4. The van der Waals surface area contributed by atoms with Crippen molar-refractivity contribution >= 4 is 23.7 Å². The maximum atomic E-state index is 13.4. The van der Waals surface area contributed by atoms with Gasteiger partial charge in [-0.15, -0.1) is 0 Å². The van der Waals surface area contributed by atoms with Gasteiger partial charge in [-0.25, -0.2) is 11.3 Å². The Balaban J connectivity index is 3.80. The second-order valence-corrected chi connectivity index (χ2v) is 8.11. The van der Waals surface area contributed by atoms with Crippen molar-refractivity contribution in [3.63, 3.8) is 0 Å². The molecule has 172 valence electrons. The number of hydrazine groups is 1. The fraction of sp³-hybridized carbons (Fsp3) is 0.500. The summed E-state index contributed by atoms with van der Waals surface area (Å²) in [5, 5.41) is 19.3. The summed E-state index contributed by atoms with van der Waals surface area (Å²) >= 11 is 0. The highest BCUT2D eigenvalue weighted by Crippen LogP contribution is 2.43. The minimum Gasteiger partial charge on any atom is -0.396 e. The molecule has 0 heterocycles. The number of ketones is 1. The number of carbonyl (C=O) groups excluding carboxylic acids is 3. The van der Waals surface area contributed by atoms with Crippen LogP contribution >= 0.6 is 0 Å². The molecule has 1 aromatic carbocycles. The number of nitrogens with two attached hydrogens (primary N) is 2. The molecule has 2 amide bonds. The van der Waals surface area contributed by atoms with Gasteiger partial charge in [-0.3, -0.25) is 25.0 Å². The molecule has 0 aromatic heterocycles. The van der Waals surface area contributed by atoms with Crippen LogP contribution in [0.15, 0.2) is 36.4 Å². The summed E-state index contributed by atoms with van der Waals surface area (Å²) in [5.41, 5.74) is 8.64. The van der Waals surface area contributed by atoms with Crippen LogP contribution in [0.5, 0.6) is 0 Å². The number of hydrogen-bond acceptors (Lipinski definition) is 7. The van der Waals surface area contributed by atoms with Crippen molar-refractivity contribution in [1.29, 1.82) is 0 Å². The molecule has 0 saturated carbocycles. The number of hydroxylamine groups is 1. The van der Waals surface area contributed by atoms with Gasteiger partial charge in [0.05, 0.1) is 23.3 Å². The number of aliphatic hydroxyl groups excluding tert-OH is 1. The number of nitrogens with one attached hydrogen (secondary N) is 2. The topological polar surface area (TPSA) is 168 Å². The van der Waals surface area contributed by atoms with Crippen LogP contribution in [0, 0.1) is 23.2 Å². The summed E-state index contributed by atoms with van der Waals surface area (Å²) in [5.74, 6) is 0.776. The summed E-state index contributed by atoms with van der Waals surface area (Å²) in [6.45, 7) is 4.72. The van der Waals surface area contributed by atoms with E-state index in [0.717, 1.165) is 5.56 Å². The summed E-state index contributed by atoms with van der Waals surface area (Å²) in [6, 6.07) is 8.05. The number of carbonyl (C=O) groups is 3. The molecule has 31 heavy (non-hydrogen) atoms. The highest BCUT2D eigenvalue weighted by atomic mass is 16.5. The Kier molecular flexibility index (Phi) is 10.5. The van der Waals surface area contributed by atoms with Crippen molar-refractivity contribution in [2.75, 3.05) is 6.61 Å². The van der Waals surface area contributed by atoms with E-state index in [1.807, 2.05) is 32.0 Å². The molecular weight excluding hydrogens is 400 g/mol. The van der Waals surface area contributed by atoms with Gasteiger partial charge in [0, 0.05) is 6.61 Å². The van der Waals surface area contributed by atoms with Crippen molar-refractivity contribution in [3.05, 3.63) is 42.0 Å². The molecule has 0 fully saturated rings. The molecule has 0 aliphatic rings. The molecule has 0 aliphatic carbocycles. The fourth-order valence-electron chi connectivity index (χ4n) is 3.97. The number of allylic oxidation sites excluding steroid dienone is 1. The minimum atomic E-state index is -1.67. The number of rotatable bonds is 12. The van der Waals surface area contributed by atoms with E-state index in [1.165, 1.54) is 13.0 Å². The Morgan fingerprint density at radius 3 is 2.19 bits per heavy atom. The van der Waals surface area contributed by atoms with E-state index < -0.39 is 47.5 Å². The Bertz CT molecular complexity index is 766. The molecule has 4 atom stereocenters. The number of benzene rings is 1. The van der Waals surface area contributed by atoms with Crippen molar-refractivity contribution in [1.82, 2.24) is 10.9 Å². The van der Waals surface area contributed by atoms with Gasteiger partial charge in [-0.2, -0.15) is 0 Å². The van der Waals surface area contributed by atoms with Crippen molar-refractivity contribution in [3.8, 4) is 0 Å². The van der Waals surface area contributed by atoms with Gasteiger partial charge in [-0.1, -0.05) is 56.3 Å². The van der Waals surface area contributed by atoms with Gasteiger partial charge in [0.1, 0.15) is 0 Å². The average Bonchev–Trinajstić information content (AvgIpc) is 2.75. The molecule has 1 aromatic rings. The van der Waals surface area contributed by atoms with E-state index in [2.05, 4.69) is 5.43 Å². The number of hydrogen-bond donors (Lipinski definition) is 6. The first-order chi connectivity index (χ1) is 14.6. The molecule has 1 rings (SSSR count). The van der Waals surface area contributed by atoms with Crippen LogP contribution in [0.25, 0.3) is 6.08 Å². The van der Waals surface area contributed by atoms with Gasteiger partial charge >= 0.3 is 0 Å². The van der Waals surface area contributed by atoms with E-state index in [9.17, 15) is 24.7 Å². The molecule has 0 aliphatic heterocycles. The average molecular weight is 435 g/mol. The van der Waals surface area contributed by atoms with Crippen molar-refractivity contribution in [2.45, 2.75) is 39.7 Å². The van der Waals surface area contributed by atoms with Crippen LogP contribution in [-0.4, -0.2) is 40.6 Å². The Hall–Kier alpha value is -2.59. The molecular formula is C22H34N4O5. The summed E-state index contributed by atoms with van der Waals surface area (Å²) in [4.78, 5) is 39.1. The minimum absolute atomic E-state index is 0.0355. The predicted octanol–water partition coefficient (Wildman–Crippen LogP) is 0.759. The zero-order valence-corrected chi connectivity index (χ0v) is 18.2. The van der Waals surface area contributed by atoms with Crippen LogP contribution in [-0.2, 0) is 14.4 Å². The van der Waals surface area contributed by atoms with Crippen LogP contribution in [0.2, 0.25) is 0 Å². The summed E-state index contributed by atoms with van der Waals surface area (Å²) in [6.07, 6.45) is 3.17. The number of Topliss-reactive ketones (excluding diaryl/α,β-unsaturated/α-hetero) is 1. The van der Waals surface area contributed by atoms with Crippen LogP contribution < -0.4 is 22.5 Å². The zero-order chi connectivity index (χ0) is 23.6. The normalized spacial score (nSPS) is 16.4. The molecule has 9 nitrogen and oxygen atoms in total. The van der Waals surface area contributed by atoms with Crippen LogP contribution in [0.3, 0.4) is 0 Å². The number of amides is 2. The molecule has 1 unspecified atom stereocenters. The third kappa shape index (κ3) is 6.70. The summed E-state index contributed by atoms with van der Waals surface area (Å²) < 4.78 is 0. The molecule has 0 bridgehead atoms. The first-order valence-electron chi connectivity index (χ1n) is 10.2. The SMILES string of the molecule is CC(C)C[C@@H](C(=O)NN)[C@H](C(=O)NO)C(/C=C/c1ccccc1)(CCO)C(=O)[C@@H](C)N. The second-order valence-electron chi connectivity index (χ2n) is 8.11. The highest BCUT2D eigenvalue weighted by molar-refractivity contribution is 5.99. The van der Waals surface area contributed by atoms with Crippen molar-refractivity contribution < 1.29 is 24.7 Å². The smallest absolute Gasteiger partial charge is 0.248 e. The van der Waals surface area contributed by atoms with E-state index in [-0.39, 0.29) is 18.8 Å². The van der Waals surface area contributed by atoms with Crippen LogP contribution in [0.1, 0.15) is 39.2 Å². The lowest BCUT2D eigenvalue weighted by atomic mass is 9.61. The Labute approximate surface area is 182 Å². The van der Waals surface area contributed by atoms with Crippen molar-refractivity contribution in [2.24, 2.45) is 34.7 Å². The van der Waals surface area contributed by atoms with Gasteiger partial charge < -0.3 is 10.8 Å². The largest absolute Gasteiger partial charge is 0.396 e. The van der Waals surface area contributed by atoms with Gasteiger partial charge in [-0.05, 0) is 31.2 Å². The monoisotopic (exact) mass is 434 g/mol. The molecule has 0 spiro atoms. The van der Waals surface area contributed by atoms with Gasteiger partial charge in [0.25, 0.3) is 0 Å². The number of aliphatic hydroxyl groups is 1. The lowest BCUT2D eigenvalue weighted by Crippen LogP contribution is -2.56. The van der Waals surface area contributed by atoms with Gasteiger partial charge in [0.15, 0.2) is 5.78 Å². The third-order valence-electron chi connectivity index (χ3n) is 5.32. The second kappa shape index (κ2) is 12.3. The third-order valence-corrected chi connectivity index (χ3v) is 5.32. The highest BCUT2D eigenvalue weighted by Gasteiger charge is 2.52. The molecule has 8 N–H and O–H groups in total. The van der Waals surface area contributed by atoms with Gasteiger partial charge in [0.2, 0.25) is 11.8 Å². The lowest BCUT2D eigenvalue weighted by molar-refractivity contribution is -0.151. The van der Waals surface area contributed by atoms with Crippen LogP contribution in [0.4, 0.5) is 0 Å². The first-order valence-corrected chi connectivity index (χ1v) is 10.2. The van der Waals surface area contributed by atoms with E-state index in [0.29, 0.717) is 0 Å². The zero-order valence-electron chi connectivity index (χ0n) is 18.2. The van der Waals surface area contributed by atoms with E-state index in [1.54, 1.807) is 23.7 Å². The van der Waals surface area contributed by atoms with E-state index in [4.69, 9.17) is 11.6 Å². The Morgan fingerprint density at radius 2 is 1.74 bits per heavy atom. The summed E-state index contributed by atoms with van der Waals surface area (Å²) in [7, 11) is 0. The lowest BCUT2D eigenvalue weighted by Gasteiger charge is -2.40. The first kappa shape index (κ1) is 26.4.